The predicted molar refractivity (Wildman–Crippen MR) is 98.8 cm³/mol. The summed E-state index contributed by atoms with van der Waals surface area (Å²) in [4.78, 5) is 25.6. The van der Waals surface area contributed by atoms with E-state index in [4.69, 9.17) is 9.26 Å². The van der Waals surface area contributed by atoms with Gasteiger partial charge in [0.15, 0.2) is 11.9 Å². The van der Waals surface area contributed by atoms with Crippen molar-refractivity contribution in [3.8, 4) is 0 Å². The van der Waals surface area contributed by atoms with Crippen molar-refractivity contribution in [2.24, 2.45) is 17.3 Å². The summed E-state index contributed by atoms with van der Waals surface area (Å²) < 4.78 is 10.8. The van der Waals surface area contributed by atoms with E-state index < -0.39 is 11.5 Å². The molecule has 4 fully saturated rings. The van der Waals surface area contributed by atoms with Gasteiger partial charge in [0.05, 0.1) is 5.41 Å². The molecule has 1 aromatic heterocycles. The quantitative estimate of drug-likeness (QED) is 0.570. The topological polar surface area (TPSA) is 81.4 Å². The van der Waals surface area contributed by atoms with Gasteiger partial charge in [0.25, 0.3) is 5.91 Å². The van der Waals surface area contributed by atoms with Crippen LogP contribution in [-0.4, -0.2) is 27.5 Å². The lowest BCUT2D eigenvalue weighted by Gasteiger charge is -2.58. The summed E-state index contributed by atoms with van der Waals surface area (Å²) in [6.45, 7) is 3.60. The smallest absolute Gasteiger partial charge is 0.312 e. The molecule has 0 spiro atoms. The van der Waals surface area contributed by atoms with E-state index in [1.165, 1.54) is 6.42 Å². The Hall–Kier alpha value is -1.37. The lowest BCUT2D eigenvalue weighted by atomic mass is 9.49. The van der Waals surface area contributed by atoms with Crippen molar-refractivity contribution >= 4 is 33.6 Å². The van der Waals surface area contributed by atoms with Crippen LogP contribution in [0.2, 0.25) is 0 Å². The van der Waals surface area contributed by atoms with Crippen molar-refractivity contribution < 1.29 is 18.8 Å². The molecule has 3 unspecified atom stereocenters. The van der Waals surface area contributed by atoms with Crippen LogP contribution in [0.4, 0.5) is 5.82 Å². The van der Waals surface area contributed by atoms with Crippen molar-refractivity contribution in [3.05, 3.63) is 11.8 Å². The van der Waals surface area contributed by atoms with Gasteiger partial charge < -0.3 is 14.6 Å². The van der Waals surface area contributed by atoms with Crippen LogP contribution in [-0.2, 0) is 14.3 Å². The Morgan fingerprint density at radius 2 is 2.08 bits per heavy atom. The number of aromatic nitrogens is 1. The lowest BCUT2D eigenvalue weighted by molar-refractivity contribution is -0.177. The number of carbonyl (C=O) groups is 2. The number of halogens is 1. The van der Waals surface area contributed by atoms with Crippen LogP contribution in [0.5, 0.6) is 0 Å². The zero-order valence-corrected chi connectivity index (χ0v) is 16.8. The number of hydrogen-bond donors (Lipinski definition) is 1. The number of nitrogens with zero attached hydrogens (tertiary/aromatic N) is 1. The molecule has 1 N–H and O–H groups in total. The van der Waals surface area contributed by atoms with Gasteiger partial charge in [0.2, 0.25) is 0 Å². The third-order valence-electron chi connectivity index (χ3n) is 6.21. The fourth-order valence-corrected chi connectivity index (χ4v) is 7.05. The molecule has 0 saturated heterocycles. The molecule has 1 heterocycles. The minimum Gasteiger partial charge on any atom is -0.452 e. The summed E-state index contributed by atoms with van der Waals surface area (Å²) >= 11 is 3.91. The Morgan fingerprint density at radius 1 is 1.38 bits per heavy atom. The minimum absolute atomic E-state index is 0.0817. The van der Waals surface area contributed by atoms with E-state index in [-0.39, 0.29) is 16.2 Å². The first-order valence-electron chi connectivity index (χ1n) is 9.45. The molecule has 26 heavy (non-hydrogen) atoms. The molecular formula is C19H25BrN2O4. The Morgan fingerprint density at radius 3 is 2.62 bits per heavy atom. The third-order valence-corrected chi connectivity index (χ3v) is 7.14. The van der Waals surface area contributed by atoms with Crippen molar-refractivity contribution in [3.63, 3.8) is 0 Å². The highest BCUT2D eigenvalue weighted by Crippen LogP contribution is 2.64. The van der Waals surface area contributed by atoms with Gasteiger partial charge in [-0.2, -0.15) is 0 Å². The van der Waals surface area contributed by atoms with E-state index in [0.29, 0.717) is 29.8 Å². The second kappa shape index (κ2) is 6.36. The number of esters is 1. The van der Waals surface area contributed by atoms with Gasteiger partial charge in [-0.25, -0.2) is 0 Å². The normalized spacial score (nSPS) is 36.0. The van der Waals surface area contributed by atoms with E-state index in [9.17, 15) is 9.59 Å². The zero-order valence-electron chi connectivity index (χ0n) is 15.2. The molecule has 4 aliphatic carbocycles. The fraction of sp³-hybridized carbons (Fsp3) is 0.737. The molecule has 142 valence electrons. The Kier molecular flexibility index (Phi) is 4.40. The van der Waals surface area contributed by atoms with Gasteiger partial charge in [-0.05, 0) is 63.7 Å². The zero-order chi connectivity index (χ0) is 18.5. The Labute approximate surface area is 161 Å². The van der Waals surface area contributed by atoms with E-state index in [0.717, 1.165) is 32.1 Å². The summed E-state index contributed by atoms with van der Waals surface area (Å²) in [5.41, 5.74) is -0.425. The first-order chi connectivity index (χ1) is 12.3. The highest BCUT2D eigenvalue weighted by Gasteiger charge is 2.60. The largest absolute Gasteiger partial charge is 0.452 e. The maximum absolute atomic E-state index is 13.1. The number of carbonyl (C=O) groups excluding carboxylic acids is 2. The number of amides is 1. The van der Waals surface area contributed by atoms with E-state index >= 15 is 0 Å². The van der Waals surface area contributed by atoms with Gasteiger partial charge in [0.1, 0.15) is 5.76 Å². The fourth-order valence-electron chi connectivity index (χ4n) is 5.60. The molecule has 5 rings (SSSR count). The van der Waals surface area contributed by atoms with Crippen molar-refractivity contribution in [2.45, 2.75) is 69.2 Å². The first-order valence-corrected chi connectivity index (χ1v) is 10.2. The second-order valence-corrected chi connectivity index (χ2v) is 10.2. The summed E-state index contributed by atoms with van der Waals surface area (Å²) in [5.74, 6) is 1.59. The van der Waals surface area contributed by atoms with Crippen molar-refractivity contribution in [1.82, 2.24) is 5.16 Å². The number of ether oxygens (including phenoxy) is 1. The van der Waals surface area contributed by atoms with Crippen molar-refractivity contribution in [2.75, 3.05) is 5.32 Å². The van der Waals surface area contributed by atoms with Crippen LogP contribution in [0, 0.1) is 24.2 Å². The number of anilines is 1. The van der Waals surface area contributed by atoms with Crippen LogP contribution >= 0.6 is 15.9 Å². The number of nitrogens with one attached hydrogen (secondary N) is 1. The average Bonchev–Trinajstić information content (AvgIpc) is 2.94. The maximum atomic E-state index is 13.1. The van der Waals surface area contributed by atoms with Gasteiger partial charge in [0, 0.05) is 10.4 Å². The molecule has 0 aromatic carbocycles. The average molecular weight is 425 g/mol. The van der Waals surface area contributed by atoms with Crippen LogP contribution in [0.15, 0.2) is 10.6 Å². The third kappa shape index (κ3) is 3.19. The molecule has 4 bridgehead atoms. The minimum atomic E-state index is -0.807. The summed E-state index contributed by atoms with van der Waals surface area (Å²) in [7, 11) is 0. The van der Waals surface area contributed by atoms with Crippen LogP contribution in [0.3, 0.4) is 0 Å². The molecule has 7 heteroatoms. The summed E-state index contributed by atoms with van der Waals surface area (Å²) in [6, 6.07) is 1.64. The molecule has 0 radical (unpaired) electrons. The van der Waals surface area contributed by atoms with E-state index in [2.05, 4.69) is 26.4 Å². The highest BCUT2D eigenvalue weighted by molar-refractivity contribution is 9.10. The molecule has 4 saturated carbocycles. The van der Waals surface area contributed by atoms with Gasteiger partial charge >= 0.3 is 5.97 Å². The summed E-state index contributed by atoms with van der Waals surface area (Å²) in [5, 5.41) is 6.43. The SMILES string of the molecule is CCC(OC(=O)C12CC3CC(CC(Br)(C3)C1)C2)C(=O)Nc1cc(C)on1. The first kappa shape index (κ1) is 18.0. The molecule has 4 aliphatic rings. The predicted octanol–water partition coefficient (Wildman–Crippen LogP) is 3.98. The summed E-state index contributed by atoms with van der Waals surface area (Å²) in [6.07, 6.45) is 5.78. The van der Waals surface area contributed by atoms with Gasteiger partial charge in [-0.15, -0.1) is 0 Å². The number of hydrogen-bond acceptors (Lipinski definition) is 5. The van der Waals surface area contributed by atoms with Gasteiger partial charge in [-0.3, -0.25) is 9.59 Å². The number of aryl methyl sites for hydroxylation is 1. The molecule has 1 amide bonds. The lowest BCUT2D eigenvalue weighted by Crippen LogP contribution is -2.56. The second-order valence-electron chi connectivity index (χ2n) is 8.51. The molecule has 1 aromatic rings. The molecular weight excluding hydrogens is 400 g/mol. The van der Waals surface area contributed by atoms with Gasteiger partial charge in [-0.1, -0.05) is 28.0 Å². The molecule has 3 atom stereocenters. The monoisotopic (exact) mass is 424 g/mol. The van der Waals surface area contributed by atoms with Crippen LogP contribution in [0.25, 0.3) is 0 Å². The van der Waals surface area contributed by atoms with E-state index in [1.807, 2.05) is 6.92 Å². The Balaban J connectivity index is 1.45. The van der Waals surface area contributed by atoms with E-state index in [1.54, 1.807) is 13.0 Å². The Bertz CT molecular complexity index is 717. The van der Waals surface area contributed by atoms with Crippen LogP contribution < -0.4 is 5.32 Å². The number of rotatable bonds is 5. The van der Waals surface area contributed by atoms with Crippen molar-refractivity contribution in [1.29, 1.82) is 0 Å². The van der Waals surface area contributed by atoms with Crippen LogP contribution in [0.1, 0.15) is 57.6 Å². The molecule has 6 nitrogen and oxygen atoms in total. The number of alkyl halides is 1. The standard InChI is InChI=1S/C19H25BrN2O4/c1-3-14(16(23)21-15-4-11(2)26-22-15)25-17(24)18-6-12-5-13(7-18)9-19(20,8-12)10-18/h4,12-14H,3,5-10H2,1-2H3,(H,21,22,23). The highest BCUT2D eigenvalue weighted by atomic mass is 79.9. The maximum Gasteiger partial charge on any atom is 0.312 e. The molecule has 0 aliphatic heterocycles.